The largest absolute Gasteiger partial charge is 0.331 e. The van der Waals surface area contributed by atoms with Crippen molar-refractivity contribution in [2.45, 2.75) is 60.2 Å². The Bertz CT molecular complexity index is 1870. The average molecular weight is 601 g/mol. The fraction of sp³-hybridized carbons (Fsp3) is 0.300. The molecule has 0 spiro atoms. The summed E-state index contributed by atoms with van der Waals surface area (Å²) in [7, 11) is 0. The van der Waals surface area contributed by atoms with Crippen LogP contribution in [0.2, 0.25) is 0 Å². The van der Waals surface area contributed by atoms with E-state index in [-0.39, 0.29) is 24.1 Å². The summed E-state index contributed by atoms with van der Waals surface area (Å²) >= 11 is 3.51. The van der Waals surface area contributed by atoms with Crippen molar-refractivity contribution in [1.29, 1.82) is 0 Å². The van der Waals surface area contributed by atoms with Crippen LogP contribution in [0.4, 0.5) is 0 Å². The highest BCUT2D eigenvalue weighted by atomic mass is 79.9. The Hall–Kier alpha value is -4.05. The lowest BCUT2D eigenvalue weighted by Crippen LogP contribution is -2.46. The summed E-state index contributed by atoms with van der Waals surface area (Å²) in [6, 6.07) is 13.2. The van der Waals surface area contributed by atoms with Crippen LogP contribution in [0.1, 0.15) is 52.4 Å². The molecular weight excluding hydrogens is 570 g/mol. The van der Waals surface area contributed by atoms with Crippen molar-refractivity contribution in [2.75, 3.05) is 0 Å². The van der Waals surface area contributed by atoms with Gasteiger partial charge in [-0.05, 0) is 89.1 Å². The molecule has 10 heteroatoms. The highest BCUT2D eigenvalue weighted by molar-refractivity contribution is 9.10. The Morgan fingerprint density at radius 2 is 1.90 bits per heavy atom. The third-order valence-electron chi connectivity index (χ3n) is 7.66. The first-order valence-corrected chi connectivity index (χ1v) is 14.2. The van der Waals surface area contributed by atoms with Crippen LogP contribution in [0.5, 0.6) is 0 Å². The van der Waals surface area contributed by atoms with Gasteiger partial charge in [-0.15, -0.1) is 0 Å². The van der Waals surface area contributed by atoms with Gasteiger partial charge < -0.3 is 9.47 Å². The monoisotopic (exact) mass is 599 g/mol. The van der Waals surface area contributed by atoms with Gasteiger partial charge in [0.2, 0.25) is 5.95 Å². The zero-order chi connectivity index (χ0) is 28.3. The molecule has 204 valence electrons. The van der Waals surface area contributed by atoms with E-state index in [9.17, 15) is 9.59 Å². The predicted octanol–water partition coefficient (Wildman–Crippen LogP) is 5.06. The van der Waals surface area contributed by atoms with Crippen molar-refractivity contribution in [1.82, 2.24) is 33.8 Å². The number of aryl methyl sites for hydroxylation is 4. The van der Waals surface area contributed by atoms with E-state index < -0.39 is 0 Å². The summed E-state index contributed by atoms with van der Waals surface area (Å²) in [6.07, 6.45) is 2.22. The summed E-state index contributed by atoms with van der Waals surface area (Å²) in [5.74, 6) is 0.314. The molecule has 0 N–H and O–H groups in total. The summed E-state index contributed by atoms with van der Waals surface area (Å²) in [5, 5.41) is 4.66. The van der Waals surface area contributed by atoms with E-state index in [1.54, 1.807) is 14.1 Å². The van der Waals surface area contributed by atoms with Gasteiger partial charge in [0, 0.05) is 33.9 Å². The molecule has 3 aromatic heterocycles. The molecule has 2 aromatic carbocycles. The second-order valence-corrected chi connectivity index (χ2v) is 11.3. The van der Waals surface area contributed by atoms with Crippen LogP contribution in [0, 0.1) is 20.8 Å². The minimum atomic E-state index is -0.172. The number of benzene rings is 2. The maximum absolute atomic E-state index is 14.2. The van der Waals surface area contributed by atoms with Crippen molar-refractivity contribution >= 4 is 32.9 Å². The number of aromatic nitrogens is 6. The number of nitrogens with zero attached hydrogens (tertiary/aromatic N) is 7. The van der Waals surface area contributed by atoms with E-state index in [0.29, 0.717) is 34.9 Å². The Balaban J connectivity index is 1.51. The molecule has 1 unspecified atom stereocenters. The average Bonchev–Trinajstić information content (AvgIpc) is 3.50. The van der Waals surface area contributed by atoms with Crippen molar-refractivity contribution < 1.29 is 4.79 Å². The molecule has 0 bridgehead atoms. The quantitative estimate of drug-likeness (QED) is 0.288. The zero-order valence-electron chi connectivity index (χ0n) is 23.1. The highest BCUT2D eigenvalue weighted by Crippen LogP contribution is 2.27. The number of rotatable bonds is 4. The lowest BCUT2D eigenvalue weighted by atomic mass is 9.98. The van der Waals surface area contributed by atoms with Crippen LogP contribution >= 0.6 is 15.9 Å². The first-order chi connectivity index (χ1) is 19.2. The normalized spacial score (nSPS) is 15.1. The minimum Gasteiger partial charge on any atom is -0.331 e. The number of hydrogen-bond donors (Lipinski definition) is 0. The second-order valence-electron chi connectivity index (χ2n) is 10.5. The molecule has 9 nitrogen and oxygen atoms in total. The van der Waals surface area contributed by atoms with Crippen molar-refractivity contribution in [3.05, 3.63) is 97.4 Å². The number of hydrogen-bond acceptors (Lipinski definition) is 5. The van der Waals surface area contributed by atoms with Gasteiger partial charge in [0.15, 0.2) is 0 Å². The van der Waals surface area contributed by atoms with Crippen LogP contribution in [0.3, 0.4) is 0 Å². The van der Waals surface area contributed by atoms with Gasteiger partial charge in [-0.1, -0.05) is 15.9 Å². The number of fused-ring (bicyclic) bond motifs is 2. The Labute approximate surface area is 240 Å². The van der Waals surface area contributed by atoms with Crippen molar-refractivity contribution in [3.63, 3.8) is 0 Å². The summed E-state index contributed by atoms with van der Waals surface area (Å²) in [5.41, 5.74) is 6.83. The number of imidazole rings is 1. The smallest absolute Gasteiger partial charge is 0.263 e. The number of carbonyl (C=O) groups is 1. The maximum Gasteiger partial charge on any atom is 0.263 e. The van der Waals surface area contributed by atoms with E-state index in [1.807, 2.05) is 76.5 Å². The van der Waals surface area contributed by atoms with Crippen molar-refractivity contribution in [3.8, 4) is 11.6 Å². The van der Waals surface area contributed by atoms with Gasteiger partial charge >= 0.3 is 0 Å². The summed E-state index contributed by atoms with van der Waals surface area (Å²) in [6.45, 7) is 10.9. The minimum absolute atomic E-state index is 0.0793. The molecule has 0 fully saturated rings. The van der Waals surface area contributed by atoms with Gasteiger partial charge in [-0.25, -0.2) is 19.2 Å². The van der Waals surface area contributed by atoms with Crippen LogP contribution in [-0.2, 0) is 19.5 Å². The molecular formula is C30H30BrN7O2. The number of amides is 1. The molecule has 1 atom stereocenters. The van der Waals surface area contributed by atoms with Gasteiger partial charge in [0.1, 0.15) is 0 Å². The summed E-state index contributed by atoms with van der Waals surface area (Å²) < 4.78 is 6.35. The lowest BCUT2D eigenvalue weighted by Gasteiger charge is -2.34. The van der Waals surface area contributed by atoms with Crippen LogP contribution in [0.15, 0.2) is 58.1 Å². The van der Waals surface area contributed by atoms with Crippen LogP contribution in [-0.4, -0.2) is 45.7 Å². The van der Waals surface area contributed by atoms with Gasteiger partial charge in [0.05, 0.1) is 41.0 Å². The Morgan fingerprint density at radius 3 is 2.60 bits per heavy atom. The molecule has 5 aromatic rings. The molecule has 1 amide bonds. The third kappa shape index (κ3) is 4.27. The Morgan fingerprint density at radius 1 is 1.10 bits per heavy atom. The molecule has 4 heterocycles. The fourth-order valence-electron chi connectivity index (χ4n) is 5.51. The molecule has 1 aliphatic heterocycles. The molecule has 0 radical (unpaired) electrons. The molecule has 1 aliphatic rings. The third-order valence-corrected chi connectivity index (χ3v) is 8.55. The molecule has 40 heavy (non-hydrogen) atoms. The maximum atomic E-state index is 14.2. The summed E-state index contributed by atoms with van der Waals surface area (Å²) in [4.78, 5) is 39.2. The standard InChI is InChI=1S/C30H30BrN7O2/c1-6-35-16-32-25-14-22(8-10-27(25)35)37-29(40)23-13-19(4)36(28(39)21-7-9-24(31)17(2)11-21)15-26(23)33-30(37)38-20(5)12-18(3)34-38/h7-12,14,16,19H,6,13,15H2,1-5H3. The zero-order valence-corrected chi connectivity index (χ0v) is 24.7. The first kappa shape index (κ1) is 26.2. The highest BCUT2D eigenvalue weighted by Gasteiger charge is 2.32. The number of carbonyl (C=O) groups excluding carboxylic acids is 1. The van der Waals surface area contributed by atoms with E-state index >= 15 is 0 Å². The van der Waals surface area contributed by atoms with Crippen LogP contribution in [0.25, 0.3) is 22.7 Å². The molecule has 0 aliphatic carbocycles. The van der Waals surface area contributed by atoms with Crippen LogP contribution < -0.4 is 5.56 Å². The van der Waals surface area contributed by atoms with E-state index in [2.05, 4.69) is 37.5 Å². The molecule has 0 saturated carbocycles. The number of halogens is 1. The van der Waals surface area contributed by atoms with Gasteiger partial charge in [0.25, 0.3) is 11.5 Å². The lowest BCUT2D eigenvalue weighted by molar-refractivity contribution is 0.0652. The Kier molecular flexibility index (Phi) is 6.45. The first-order valence-electron chi connectivity index (χ1n) is 13.4. The fourth-order valence-corrected chi connectivity index (χ4v) is 5.76. The van der Waals surface area contributed by atoms with Gasteiger partial charge in [-0.2, -0.15) is 5.10 Å². The van der Waals surface area contributed by atoms with E-state index in [0.717, 1.165) is 39.0 Å². The van der Waals surface area contributed by atoms with Gasteiger partial charge in [-0.3, -0.25) is 9.59 Å². The molecule has 0 saturated heterocycles. The van der Waals surface area contributed by atoms with E-state index in [1.165, 1.54) is 0 Å². The predicted molar refractivity (Wildman–Crippen MR) is 157 cm³/mol. The van der Waals surface area contributed by atoms with E-state index in [4.69, 9.17) is 4.98 Å². The van der Waals surface area contributed by atoms with Crippen molar-refractivity contribution in [2.24, 2.45) is 0 Å². The molecule has 6 rings (SSSR count). The SMILES string of the molecule is CCn1cnc2cc(-n3c(-n4nc(C)cc4C)nc4c(c3=O)CC(C)N(C(=O)c3ccc(Br)c(C)c3)C4)ccc21. The second kappa shape index (κ2) is 9.85. The topological polar surface area (TPSA) is 90.8 Å².